The van der Waals surface area contributed by atoms with Crippen LogP contribution >= 0.6 is 0 Å². The Bertz CT molecular complexity index is 860. The number of carbonyl (C=O) groups excluding carboxylic acids is 2. The van der Waals surface area contributed by atoms with E-state index >= 15 is 0 Å². The number of aromatic carboxylic acids is 1. The molecule has 1 amide bonds. The molecular weight excluding hydrogens is 393 g/mol. The maximum atomic E-state index is 13.3. The Balaban J connectivity index is 1.44. The highest BCUT2D eigenvalue weighted by Crippen LogP contribution is 2.38. The molecule has 0 spiro atoms. The third-order valence-corrected chi connectivity index (χ3v) is 5.36. The van der Waals surface area contributed by atoms with Gasteiger partial charge in [-0.25, -0.2) is 8.78 Å². The van der Waals surface area contributed by atoms with E-state index in [9.17, 15) is 33.5 Å². The Hall–Kier alpha value is -2.44. The van der Waals surface area contributed by atoms with Crippen molar-refractivity contribution < 1.29 is 42.9 Å². The zero-order valence-electron chi connectivity index (χ0n) is 15.3. The number of carboxylic acid groups (broad SMARTS) is 1. The van der Waals surface area contributed by atoms with Crippen LogP contribution in [-0.4, -0.2) is 71.3 Å². The van der Waals surface area contributed by atoms with Crippen molar-refractivity contribution in [1.82, 2.24) is 10.2 Å². The molecule has 0 aliphatic carbocycles. The normalized spacial score (nSPS) is 25.0. The fraction of sp³-hybridized carbons (Fsp3) is 0.529. The quantitative estimate of drug-likeness (QED) is 0.509. The van der Waals surface area contributed by atoms with Crippen molar-refractivity contribution in [1.29, 1.82) is 0 Å². The molecule has 12 heteroatoms. The van der Waals surface area contributed by atoms with Crippen molar-refractivity contribution in [3.05, 3.63) is 23.3 Å². The highest BCUT2D eigenvalue weighted by Gasteiger charge is 2.46. The number of hydrogen-bond acceptors (Lipinski definition) is 8. The number of nitrogens with zero attached hydrogens (tertiary/aromatic N) is 1. The number of carbonyl (C=O) groups is 2. The number of aryl methyl sites for hydroxylation is 1. The second-order valence-corrected chi connectivity index (χ2v) is 7.71. The van der Waals surface area contributed by atoms with E-state index < -0.39 is 55.2 Å². The molecule has 0 bridgehead atoms. The van der Waals surface area contributed by atoms with Gasteiger partial charge in [0.25, 0.3) is 5.92 Å². The Kier molecular flexibility index (Phi) is 4.67. The molecule has 2 fully saturated rings. The number of ether oxygens (including phenoxy) is 1. The van der Waals surface area contributed by atoms with Gasteiger partial charge >= 0.3 is 6.75 Å². The predicted molar refractivity (Wildman–Crippen MR) is 92.5 cm³/mol. The van der Waals surface area contributed by atoms with Gasteiger partial charge in [0.15, 0.2) is 0 Å². The topological polar surface area (TPSA) is 131 Å². The van der Waals surface area contributed by atoms with E-state index in [2.05, 4.69) is 5.32 Å². The van der Waals surface area contributed by atoms with Gasteiger partial charge in [-0.15, -0.1) is 0 Å². The highest BCUT2D eigenvalue weighted by atomic mass is 19.3. The molecular formula is C17H19BF2N2O7-2. The SMILES string of the molecule is O=C([O-])c1c(OC2CN(C(=O)[C@@H]3CC(F)(F)CN3)C2)ccc2c1O[B-](O)(O)CC2. The van der Waals surface area contributed by atoms with Crippen LogP contribution in [-0.2, 0) is 11.2 Å². The molecule has 3 heterocycles. The Labute approximate surface area is 164 Å². The number of amides is 1. The van der Waals surface area contributed by atoms with Gasteiger partial charge < -0.3 is 34.2 Å². The maximum Gasteiger partial charge on any atom is 0.430 e. The fourth-order valence-electron chi connectivity index (χ4n) is 3.80. The van der Waals surface area contributed by atoms with Gasteiger partial charge in [-0.05, 0) is 18.1 Å². The second kappa shape index (κ2) is 6.82. The number of nitrogens with one attached hydrogen (secondary N) is 1. The summed E-state index contributed by atoms with van der Waals surface area (Å²) in [6.07, 6.45) is -0.947. The molecule has 1 aromatic rings. The minimum Gasteiger partial charge on any atom is -0.669 e. The van der Waals surface area contributed by atoms with Crippen LogP contribution < -0.4 is 19.8 Å². The third-order valence-electron chi connectivity index (χ3n) is 5.36. The van der Waals surface area contributed by atoms with E-state index in [1.165, 1.54) is 11.0 Å². The predicted octanol–water partition coefficient (Wildman–Crippen LogP) is -1.50. The zero-order valence-corrected chi connectivity index (χ0v) is 15.3. The number of likely N-dealkylation sites (tertiary alicyclic amines) is 1. The maximum absolute atomic E-state index is 13.3. The van der Waals surface area contributed by atoms with E-state index in [1.807, 2.05) is 0 Å². The van der Waals surface area contributed by atoms with Crippen molar-refractivity contribution in [2.45, 2.75) is 37.2 Å². The zero-order chi connectivity index (χ0) is 21.0. The van der Waals surface area contributed by atoms with Crippen molar-refractivity contribution in [2.24, 2.45) is 0 Å². The van der Waals surface area contributed by atoms with Gasteiger partial charge in [0.05, 0.1) is 43.0 Å². The molecule has 0 unspecified atom stereocenters. The molecule has 9 nitrogen and oxygen atoms in total. The highest BCUT2D eigenvalue weighted by molar-refractivity contribution is 6.59. The minimum atomic E-state index is -3.17. The molecule has 0 saturated carbocycles. The summed E-state index contributed by atoms with van der Waals surface area (Å²) < 4.78 is 37.2. The first-order chi connectivity index (χ1) is 13.5. The molecule has 1 atom stereocenters. The second-order valence-electron chi connectivity index (χ2n) is 7.71. The van der Waals surface area contributed by atoms with Crippen molar-refractivity contribution in [2.75, 3.05) is 19.6 Å². The van der Waals surface area contributed by atoms with E-state index in [-0.39, 0.29) is 37.3 Å². The number of alkyl halides is 2. The monoisotopic (exact) mass is 412 g/mol. The average Bonchev–Trinajstić information content (AvgIpc) is 2.95. The van der Waals surface area contributed by atoms with E-state index in [4.69, 9.17) is 9.39 Å². The van der Waals surface area contributed by atoms with Crippen LogP contribution in [0.5, 0.6) is 11.5 Å². The third kappa shape index (κ3) is 3.87. The van der Waals surface area contributed by atoms with Crippen molar-refractivity contribution >= 4 is 18.6 Å². The first-order valence-corrected chi connectivity index (χ1v) is 9.28. The first kappa shape index (κ1) is 19.9. The van der Waals surface area contributed by atoms with Gasteiger partial charge in [-0.3, -0.25) is 10.1 Å². The van der Waals surface area contributed by atoms with Gasteiger partial charge in [-0.1, -0.05) is 12.4 Å². The molecule has 2 saturated heterocycles. The van der Waals surface area contributed by atoms with Gasteiger partial charge in [0, 0.05) is 6.42 Å². The lowest BCUT2D eigenvalue weighted by Crippen LogP contribution is -2.59. The van der Waals surface area contributed by atoms with Crippen LogP contribution in [0, 0.1) is 0 Å². The number of rotatable bonds is 4. The van der Waals surface area contributed by atoms with Crippen molar-refractivity contribution in [3.8, 4) is 11.5 Å². The van der Waals surface area contributed by atoms with E-state index in [1.54, 1.807) is 6.07 Å². The molecule has 1 aromatic carbocycles. The number of fused-ring (bicyclic) bond motifs is 1. The van der Waals surface area contributed by atoms with E-state index in [0.29, 0.717) is 5.56 Å². The molecule has 3 aliphatic heterocycles. The van der Waals surface area contributed by atoms with Gasteiger partial charge in [0.1, 0.15) is 11.9 Å². The molecule has 3 aliphatic rings. The van der Waals surface area contributed by atoms with Crippen LogP contribution in [0.15, 0.2) is 12.1 Å². The lowest BCUT2D eigenvalue weighted by Gasteiger charge is -2.41. The summed E-state index contributed by atoms with van der Waals surface area (Å²) in [6.45, 7) is -3.49. The summed E-state index contributed by atoms with van der Waals surface area (Å²) in [5.74, 6) is -5.26. The first-order valence-electron chi connectivity index (χ1n) is 9.28. The summed E-state index contributed by atoms with van der Waals surface area (Å²) in [5.41, 5.74) is 0.0502. The van der Waals surface area contributed by atoms with E-state index in [0.717, 1.165) is 0 Å². The average molecular weight is 412 g/mol. The smallest absolute Gasteiger partial charge is 0.430 e. The number of benzene rings is 1. The summed E-state index contributed by atoms with van der Waals surface area (Å²) in [5, 5.41) is 33.6. The summed E-state index contributed by atoms with van der Waals surface area (Å²) in [7, 11) is 0. The largest absolute Gasteiger partial charge is 0.669 e. The number of halogens is 2. The van der Waals surface area contributed by atoms with Crippen LogP contribution in [0.3, 0.4) is 0 Å². The summed E-state index contributed by atoms with van der Waals surface area (Å²) in [4.78, 5) is 25.2. The van der Waals surface area contributed by atoms with Crippen molar-refractivity contribution in [3.63, 3.8) is 0 Å². The van der Waals surface area contributed by atoms with Crippen LogP contribution in [0.2, 0.25) is 6.32 Å². The lowest BCUT2D eigenvalue weighted by atomic mass is 9.70. The Morgan fingerprint density at radius 1 is 1.34 bits per heavy atom. The molecule has 4 rings (SSSR count). The van der Waals surface area contributed by atoms with Crippen LogP contribution in [0.1, 0.15) is 22.3 Å². The fourth-order valence-corrected chi connectivity index (χ4v) is 3.80. The Morgan fingerprint density at radius 2 is 2.07 bits per heavy atom. The standard InChI is InChI=1S/C17H20BF2N2O7/c19-17(20)5-11(21-8-17)15(23)22-6-10(7-22)28-12-2-1-9-3-4-18(26,27)29-14(9)13(12)16(24)25/h1-2,10-11,21,26-27H,3-8H2,(H,24,25)/q-1/p-1/t11-/m0/s1. The van der Waals surface area contributed by atoms with Gasteiger partial charge in [-0.2, -0.15) is 0 Å². The summed E-state index contributed by atoms with van der Waals surface area (Å²) in [6, 6.07) is 2.03. The number of hydrogen-bond donors (Lipinski definition) is 3. The minimum absolute atomic E-state index is 0.0619. The summed E-state index contributed by atoms with van der Waals surface area (Å²) >= 11 is 0. The molecule has 29 heavy (non-hydrogen) atoms. The Morgan fingerprint density at radius 3 is 2.69 bits per heavy atom. The molecule has 158 valence electrons. The van der Waals surface area contributed by atoms with Gasteiger partial charge in [0.2, 0.25) is 5.91 Å². The van der Waals surface area contributed by atoms with Crippen LogP contribution in [0.25, 0.3) is 0 Å². The molecule has 0 aromatic heterocycles. The molecule has 0 radical (unpaired) electrons. The molecule has 3 N–H and O–H groups in total. The number of carboxylic acids is 1. The van der Waals surface area contributed by atoms with Crippen LogP contribution in [0.4, 0.5) is 8.78 Å². The lowest BCUT2D eigenvalue weighted by molar-refractivity contribution is -0.255.